The van der Waals surface area contributed by atoms with Crippen LogP contribution in [-0.2, 0) is 21.1 Å². The molecule has 0 atom stereocenters. The Bertz CT molecular complexity index is 835. The van der Waals surface area contributed by atoms with Crippen LogP contribution in [0.5, 0.6) is 5.75 Å². The Morgan fingerprint density at radius 2 is 2.07 bits per heavy atom. The predicted octanol–water partition coefficient (Wildman–Crippen LogP) is 1.42. The Hall–Kier alpha value is -2.13. The summed E-state index contributed by atoms with van der Waals surface area (Å²) in [4.78, 5) is 12.2. The molecule has 0 unspecified atom stereocenters. The molecule has 2 rings (SSSR count). The monoisotopic (exact) mass is 411 g/mol. The first-order chi connectivity index (χ1) is 12.8. The highest BCUT2D eigenvalue weighted by Crippen LogP contribution is 2.26. The summed E-state index contributed by atoms with van der Waals surface area (Å²) in [6, 6.07) is 4.95. The highest BCUT2D eigenvalue weighted by atomic mass is 32.2. The van der Waals surface area contributed by atoms with Crippen molar-refractivity contribution in [1.82, 2.24) is 10.6 Å². The molecule has 0 fully saturated rings. The first kappa shape index (κ1) is 21.2. The quantitative estimate of drug-likeness (QED) is 0.555. The largest absolute Gasteiger partial charge is 0.495 e. The molecule has 0 bridgehead atoms. The number of thiocarbonyl (C=S) groups is 1. The lowest BCUT2D eigenvalue weighted by Crippen LogP contribution is -2.33. The molecule has 0 aromatic heterocycles. The number of rotatable bonds is 8. The van der Waals surface area contributed by atoms with Crippen LogP contribution >= 0.6 is 12.2 Å². The first-order valence-electron chi connectivity index (χ1n) is 8.73. The second-order valence-electron chi connectivity index (χ2n) is 6.27. The number of carbonyl (C=O) groups excluding carboxylic acids is 1. The van der Waals surface area contributed by atoms with E-state index in [0.717, 1.165) is 36.8 Å². The van der Waals surface area contributed by atoms with Crippen LogP contribution in [0.25, 0.3) is 0 Å². The average molecular weight is 412 g/mol. The van der Waals surface area contributed by atoms with E-state index in [0.29, 0.717) is 13.0 Å². The Morgan fingerprint density at radius 1 is 1.30 bits per heavy atom. The molecule has 1 aliphatic carbocycles. The zero-order valence-corrected chi connectivity index (χ0v) is 16.9. The van der Waals surface area contributed by atoms with Crippen molar-refractivity contribution in [2.75, 3.05) is 19.5 Å². The van der Waals surface area contributed by atoms with Gasteiger partial charge in [-0.25, -0.2) is 8.42 Å². The minimum Gasteiger partial charge on any atom is -0.495 e. The average Bonchev–Trinajstić information content (AvgIpc) is 2.67. The van der Waals surface area contributed by atoms with Gasteiger partial charge in [0.25, 0.3) is 0 Å². The number of ether oxygens (including phenoxy) is 1. The van der Waals surface area contributed by atoms with Crippen LogP contribution in [0.3, 0.4) is 0 Å². The van der Waals surface area contributed by atoms with E-state index in [1.54, 1.807) is 18.2 Å². The molecule has 1 amide bonds. The third kappa shape index (κ3) is 6.21. The number of hydrogen-bond acceptors (Lipinski definition) is 5. The summed E-state index contributed by atoms with van der Waals surface area (Å²) in [6.45, 7) is 0.424. The second-order valence-corrected chi connectivity index (χ2v) is 8.66. The van der Waals surface area contributed by atoms with E-state index in [-0.39, 0.29) is 21.7 Å². The number of amides is 1. The number of allylic oxidation sites excluding steroid dienone is 1. The van der Waals surface area contributed by atoms with Crippen LogP contribution < -0.4 is 21.1 Å². The van der Waals surface area contributed by atoms with Crippen molar-refractivity contribution in [2.45, 2.75) is 37.0 Å². The third-order valence-electron chi connectivity index (χ3n) is 4.28. The molecule has 27 heavy (non-hydrogen) atoms. The van der Waals surface area contributed by atoms with Crippen LogP contribution in [0.4, 0.5) is 0 Å². The van der Waals surface area contributed by atoms with Gasteiger partial charge in [0.2, 0.25) is 5.91 Å². The van der Waals surface area contributed by atoms with Crippen LogP contribution in [0.15, 0.2) is 34.7 Å². The van der Waals surface area contributed by atoms with Gasteiger partial charge in [-0.3, -0.25) is 4.79 Å². The van der Waals surface area contributed by atoms with Crippen LogP contribution in [0.1, 0.15) is 31.2 Å². The molecule has 148 valence electrons. The van der Waals surface area contributed by atoms with E-state index >= 15 is 0 Å². The number of carbonyl (C=O) groups is 1. The maximum atomic E-state index is 12.5. The molecule has 0 radical (unpaired) electrons. The smallest absolute Gasteiger partial charge is 0.246 e. The van der Waals surface area contributed by atoms with Gasteiger partial charge in [-0.2, -0.15) is 0 Å². The van der Waals surface area contributed by atoms with Crippen molar-refractivity contribution in [3.05, 3.63) is 35.4 Å². The standard InChI is InChI=1S/C18H25N3O4S2/c1-25-15-8-7-13(11-16(15)27(23,24)12-21-18(19)26)9-10-20-17(22)14-5-3-2-4-6-14/h5,7-8,11H,2-4,6,9-10,12H2,1H3,(H,20,22)(H3,19,21,26). The van der Waals surface area contributed by atoms with Crippen LogP contribution in [0, 0.1) is 0 Å². The normalized spacial score (nSPS) is 14.2. The zero-order valence-electron chi connectivity index (χ0n) is 15.3. The van der Waals surface area contributed by atoms with E-state index in [1.807, 2.05) is 6.08 Å². The molecule has 9 heteroatoms. The Morgan fingerprint density at radius 3 is 2.70 bits per heavy atom. The Kier molecular flexibility index (Phi) is 7.61. The molecule has 4 N–H and O–H groups in total. The van der Waals surface area contributed by atoms with Gasteiger partial charge in [-0.1, -0.05) is 12.1 Å². The molecule has 0 spiro atoms. The summed E-state index contributed by atoms with van der Waals surface area (Å²) in [6.07, 6.45) is 6.43. The van der Waals surface area contributed by atoms with Crippen molar-refractivity contribution < 1.29 is 17.9 Å². The van der Waals surface area contributed by atoms with E-state index in [9.17, 15) is 13.2 Å². The molecule has 0 heterocycles. The van der Waals surface area contributed by atoms with Gasteiger partial charge in [0.15, 0.2) is 14.9 Å². The van der Waals surface area contributed by atoms with Crippen LogP contribution in [0.2, 0.25) is 0 Å². The molecule has 0 aliphatic heterocycles. The molecule has 1 aromatic rings. The zero-order chi connectivity index (χ0) is 19.9. The molecule has 7 nitrogen and oxygen atoms in total. The van der Waals surface area contributed by atoms with Crippen molar-refractivity contribution in [2.24, 2.45) is 5.73 Å². The van der Waals surface area contributed by atoms with Crippen molar-refractivity contribution in [3.8, 4) is 5.75 Å². The number of sulfone groups is 1. The molecule has 0 saturated carbocycles. The van der Waals surface area contributed by atoms with E-state index < -0.39 is 15.7 Å². The second kappa shape index (κ2) is 9.70. The fraction of sp³-hybridized carbons (Fsp3) is 0.444. The first-order valence-corrected chi connectivity index (χ1v) is 10.8. The van der Waals surface area contributed by atoms with Gasteiger partial charge in [0, 0.05) is 12.1 Å². The highest BCUT2D eigenvalue weighted by Gasteiger charge is 2.20. The molecule has 0 saturated heterocycles. The summed E-state index contributed by atoms with van der Waals surface area (Å²) in [5.41, 5.74) is 6.93. The van der Waals surface area contributed by atoms with Gasteiger partial charge >= 0.3 is 0 Å². The topological polar surface area (TPSA) is 111 Å². The van der Waals surface area contributed by atoms with Gasteiger partial charge < -0.3 is 21.1 Å². The third-order valence-corrected chi connectivity index (χ3v) is 5.94. The van der Waals surface area contributed by atoms with Crippen molar-refractivity contribution >= 4 is 33.1 Å². The SMILES string of the molecule is COc1ccc(CCNC(=O)C2=CCCCC2)cc1S(=O)(=O)CNC(N)=S. The summed E-state index contributed by atoms with van der Waals surface area (Å²) in [7, 11) is -2.27. The summed E-state index contributed by atoms with van der Waals surface area (Å²) < 4.78 is 30.2. The van der Waals surface area contributed by atoms with Gasteiger partial charge in [-0.05, 0) is 62.0 Å². The van der Waals surface area contributed by atoms with E-state index in [4.69, 9.17) is 10.5 Å². The summed E-state index contributed by atoms with van der Waals surface area (Å²) in [5.74, 6) is -0.204. The maximum absolute atomic E-state index is 12.5. The predicted molar refractivity (Wildman–Crippen MR) is 108 cm³/mol. The highest BCUT2D eigenvalue weighted by molar-refractivity contribution is 7.91. The fourth-order valence-corrected chi connectivity index (χ4v) is 4.30. The number of nitrogens with two attached hydrogens (primary N) is 1. The Balaban J connectivity index is 2.04. The molecular formula is C18H25N3O4S2. The Labute approximate surface area is 165 Å². The van der Waals surface area contributed by atoms with Crippen LogP contribution in [-0.4, -0.2) is 39.0 Å². The maximum Gasteiger partial charge on any atom is 0.246 e. The van der Waals surface area contributed by atoms with Crippen molar-refractivity contribution in [1.29, 1.82) is 0 Å². The number of methoxy groups -OCH3 is 1. The molecular weight excluding hydrogens is 386 g/mol. The van der Waals surface area contributed by atoms with Crippen molar-refractivity contribution in [3.63, 3.8) is 0 Å². The molecule has 1 aromatic carbocycles. The van der Waals surface area contributed by atoms with Gasteiger partial charge in [0.1, 0.15) is 16.5 Å². The van der Waals surface area contributed by atoms with E-state index in [1.165, 1.54) is 7.11 Å². The van der Waals surface area contributed by atoms with Gasteiger partial charge in [0.05, 0.1) is 7.11 Å². The van der Waals surface area contributed by atoms with E-state index in [2.05, 4.69) is 22.9 Å². The number of hydrogen-bond donors (Lipinski definition) is 3. The summed E-state index contributed by atoms with van der Waals surface area (Å²) >= 11 is 4.66. The lowest BCUT2D eigenvalue weighted by Gasteiger charge is -2.14. The van der Waals surface area contributed by atoms with Gasteiger partial charge in [-0.15, -0.1) is 0 Å². The lowest BCUT2D eigenvalue weighted by atomic mass is 9.99. The molecule has 1 aliphatic rings. The number of benzene rings is 1. The number of nitrogens with one attached hydrogen (secondary N) is 2. The minimum atomic E-state index is -3.68. The summed E-state index contributed by atoms with van der Waals surface area (Å²) in [5, 5.41) is 5.26. The lowest BCUT2D eigenvalue weighted by molar-refractivity contribution is -0.117. The fourth-order valence-electron chi connectivity index (χ4n) is 2.84. The minimum absolute atomic E-state index is 0.0447.